The molecule has 1 amide bonds. The molecule has 0 spiro atoms. The predicted octanol–water partition coefficient (Wildman–Crippen LogP) is 1.85. The fourth-order valence-corrected chi connectivity index (χ4v) is 3.14. The Morgan fingerprint density at radius 2 is 2.10 bits per heavy atom. The average molecular weight is 287 g/mol. The number of carbonyl (C=O) groups excluding carboxylic acids is 1. The summed E-state index contributed by atoms with van der Waals surface area (Å²) in [4.78, 5) is 16.5. The van der Waals surface area contributed by atoms with Gasteiger partial charge in [-0.3, -0.25) is 4.79 Å². The topological polar surface area (TPSA) is 67.2 Å². The predicted molar refractivity (Wildman–Crippen MR) is 80.8 cm³/mol. The summed E-state index contributed by atoms with van der Waals surface area (Å²) in [5, 5.41) is 12.6. The molecule has 1 aromatic carbocycles. The van der Waals surface area contributed by atoms with Crippen molar-refractivity contribution in [2.75, 3.05) is 6.61 Å². The summed E-state index contributed by atoms with van der Waals surface area (Å²) in [6.45, 7) is 0.639. The summed E-state index contributed by atoms with van der Waals surface area (Å²) < 4.78 is 2.00. The van der Waals surface area contributed by atoms with Crippen molar-refractivity contribution >= 4 is 16.9 Å². The normalized spacial score (nSPS) is 17.2. The molecule has 2 N–H and O–H groups in total. The van der Waals surface area contributed by atoms with E-state index < -0.39 is 0 Å². The molecule has 2 aromatic rings. The van der Waals surface area contributed by atoms with Crippen LogP contribution in [0.3, 0.4) is 0 Å². The number of fused-ring (bicyclic) bond motifs is 1. The molecule has 0 bridgehead atoms. The standard InChI is InChI=1S/C16H21N3O2/c20-11-16(8-3-4-9-16)18-15(21)7-10-19-12-17-13-5-1-2-6-14(13)19/h1-2,5-6,12,20H,3-4,7-11H2,(H,18,21). The van der Waals surface area contributed by atoms with Crippen LogP contribution >= 0.6 is 0 Å². The van der Waals surface area contributed by atoms with Gasteiger partial charge in [0.25, 0.3) is 0 Å². The van der Waals surface area contributed by atoms with Gasteiger partial charge < -0.3 is 15.0 Å². The van der Waals surface area contributed by atoms with E-state index in [1.54, 1.807) is 6.33 Å². The van der Waals surface area contributed by atoms with Gasteiger partial charge in [0, 0.05) is 13.0 Å². The van der Waals surface area contributed by atoms with Crippen LogP contribution in [0.15, 0.2) is 30.6 Å². The van der Waals surface area contributed by atoms with Crippen LogP contribution in [0.5, 0.6) is 0 Å². The third-order valence-corrected chi connectivity index (χ3v) is 4.38. The molecule has 1 aliphatic carbocycles. The molecule has 112 valence electrons. The van der Waals surface area contributed by atoms with Crippen LogP contribution < -0.4 is 5.32 Å². The van der Waals surface area contributed by atoms with Gasteiger partial charge in [-0.1, -0.05) is 25.0 Å². The molecule has 5 nitrogen and oxygen atoms in total. The van der Waals surface area contributed by atoms with Crippen LogP contribution in [-0.2, 0) is 11.3 Å². The third kappa shape index (κ3) is 2.93. The Kier molecular flexibility index (Phi) is 3.92. The highest BCUT2D eigenvalue weighted by Gasteiger charge is 2.34. The summed E-state index contributed by atoms with van der Waals surface area (Å²) >= 11 is 0. The Labute approximate surface area is 124 Å². The zero-order valence-corrected chi connectivity index (χ0v) is 12.1. The highest BCUT2D eigenvalue weighted by atomic mass is 16.3. The first-order valence-corrected chi connectivity index (χ1v) is 7.54. The summed E-state index contributed by atoms with van der Waals surface area (Å²) in [6, 6.07) is 7.90. The van der Waals surface area contributed by atoms with E-state index in [0.717, 1.165) is 36.7 Å². The number of imidazole rings is 1. The number of aromatic nitrogens is 2. The van der Waals surface area contributed by atoms with Gasteiger partial charge in [-0.2, -0.15) is 0 Å². The molecule has 1 heterocycles. The maximum absolute atomic E-state index is 12.1. The van der Waals surface area contributed by atoms with Gasteiger partial charge in [0.15, 0.2) is 0 Å². The maximum Gasteiger partial charge on any atom is 0.222 e. The van der Waals surface area contributed by atoms with Crippen molar-refractivity contribution in [3.63, 3.8) is 0 Å². The summed E-state index contributed by atoms with van der Waals surface area (Å²) in [5.74, 6) is 0.00345. The summed E-state index contributed by atoms with van der Waals surface area (Å²) in [7, 11) is 0. The summed E-state index contributed by atoms with van der Waals surface area (Å²) in [5.41, 5.74) is 1.61. The quantitative estimate of drug-likeness (QED) is 0.882. The second-order valence-corrected chi connectivity index (χ2v) is 5.87. The number of para-hydroxylation sites is 2. The van der Waals surface area contributed by atoms with Crippen molar-refractivity contribution < 1.29 is 9.90 Å². The number of aryl methyl sites for hydroxylation is 1. The number of nitrogens with one attached hydrogen (secondary N) is 1. The van der Waals surface area contributed by atoms with Crippen molar-refractivity contribution in [3.05, 3.63) is 30.6 Å². The summed E-state index contributed by atoms with van der Waals surface area (Å²) in [6.07, 6.45) is 6.09. The Hall–Kier alpha value is -1.88. The number of rotatable bonds is 5. The minimum Gasteiger partial charge on any atom is -0.394 e. The van der Waals surface area contributed by atoms with E-state index in [4.69, 9.17) is 0 Å². The number of carbonyl (C=O) groups is 1. The minimum absolute atomic E-state index is 0.00345. The zero-order chi connectivity index (χ0) is 14.7. The van der Waals surface area contributed by atoms with Crippen molar-refractivity contribution in [2.24, 2.45) is 0 Å². The number of aliphatic hydroxyl groups excluding tert-OH is 1. The Balaban J connectivity index is 1.61. The number of benzene rings is 1. The fourth-order valence-electron chi connectivity index (χ4n) is 3.14. The Morgan fingerprint density at radius 3 is 2.86 bits per heavy atom. The third-order valence-electron chi connectivity index (χ3n) is 4.38. The van der Waals surface area contributed by atoms with E-state index in [0.29, 0.717) is 13.0 Å². The molecule has 1 fully saturated rings. The second-order valence-electron chi connectivity index (χ2n) is 5.87. The molecule has 1 aromatic heterocycles. The molecule has 1 aliphatic rings. The van der Waals surface area contributed by atoms with Crippen LogP contribution in [0.4, 0.5) is 0 Å². The number of hydrogen-bond donors (Lipinski definition) is 2. The van der Waals surface area contributed by atoms with Crippen molar-refractivity contribution in [2.45, 2.75) is 44.2 Å². The molecular weight excluding hydrogens is 266 g/mol. The van der Waals surface area contributed by atoms with Crippen LogP contribution in [-0.4, -0.2) is 32.7 Å². The molecule has 3 rings (SSSR count). The van der Waals surface area contributed by atoms with E-state index in [9.17, 15) is 9.90 Å². The van der Waals surface area contributed by atoms with Crippen LogP contribution in [0.2, 0.25) is 0 Å². The Morgan fingerprint density at radius 1 is 1.33 bits per heavy atom. The van der Waals surface area contributed by atoms with Gasteiger partial charge in [0.1, 0.15) is 0 Å². The lowest BCUT2D eigenvalue weighted by Crippen LogP contribution is -2.49. The van der Waals surface area contributed by atoms with Crippen LogP contribution in [0, 0.1) is 0 Å². The van der Waals surface area contributed by atoms with E-state index in [1.807, 2.05) is 28.8 Å². The largest absolute Gasteiger partial charge is 0.394 e. The van der Waals surface area contributed by atoms with Gasteiger partial charge in [0.2, 0.25) is 5.91 Å². The van der Waals surface area contributed by atoms with E-state index in [1.165, 1.54) is 0 Å². The van der Waals surface area contributed by atoms with E-state index in [2.05, 4.69) is 10.3 Å². The second kappa shape index (κ2) is 5.85. The fraction of sp³-hybridized carbons (Fsp3) is 0.500. The first-order valence-electron chi connectivity index (χ1n) is 7.54. The number of aliphatic hydroxyl groups is 1. The molecule has 0 atom stereocenters. The molecule has 0 unspecified atom stereocenters. The molecule has 0 aliphatic heterocycles. The first-order chi connectivity index (χ1) is 10.2. The Bertz CT molecular complexity index is 629. The van der Waals surface area contributed by atoms with Gasteiger partial charge in [-0.25, -0.2) is 4.98 Å². The van der Waals surface area contributed by atoms with Crippen LogP contribution in [0.25, 0.3) is 11.0 Å². The van der Waals surface area contributed by atoms with Gasteiger partial charge in [-0.05, 0) is 25.0 Å². The smallest absolute Gasteiger partial charge is 0.222 e. The number of amides is 1. The molecule has 5 heteroatoms. The lowest BCUT2D eigenvalue weighted by Gasteiger charge is -2.28. The highest BCUT2D eigenvalue weighted by Crippen LogP contribution is 2.29. The van der Waals surface area contributed by atoms with Crippen molar-refractivity contribution in [1.29, 1.82) is 0 Å². The lowest BCUT2D eigenvalue weighted by molar-refractivity contribution is -0.123. The monoisotopic (exact) mass is 287 g/mol. The van der Waals surface area contributed by atoms with Gasteiger partial charge >= 0.3 is 0 Å². The number of hydrogen-bond acceptors (Lipinski definition) is 3. The number of nitrogens with zero attached hydrogens (tertiary/aromatic N) is 2. The minimum atomic E-state index is -0.381. The van der Waals surface area contributed by atoms with E-state index >= 15 is 0 Å². The average Bonchev–Trinajstić information content (AvgIpc) is 3.12. The maximum atomic E-state index is 12.1. The first kappa shape index (κ1) is 14.1. The molecule has 0 saturated heterocycles. The van der Waals surface area contributed by atoms with Crippen LogP contribution in [0.1, 0.15) is 32.1 Å². The van der Waals surface area contributed by atoms with Gasteiger partial charge in [-0.15, -0.1) is 0 Å². The van der Waals surface area contributed by atoms with E-state index in [-0.39, 0.29) is 18.1 Å². The lowest BCUT2D eigenvalue weighted by atomic mass is 9.99. The SMILES string of the molecule is O=C(CCn1cnc2ccccc21)NC1(CO)CCCC1. The zero-order valence-electron chi connectivity index (χ0n) is 12.1. The highest BCUT2D eigenvalue weighted by molar-refractivity contribution is 5.78. The molecule has 21 heavy (non-hydrogen) atoms. The van der Waals surface area contributed by atoms with Crippen molar-refractivity contribution in [1.82, 2.24) is 14.9 Å². The molecule has 1 saturated carbocycles. The van der Waals surface area contributed by atoms with Gasteiger partial charge in [0.05, 0.1) is 29.5 Å². The molecular formula is C16H21N3O2. The molecule has 0 radical (unpaired) electrons. The van der Waals surface area contributed by atoms with Crippen molar-refractivity contribution in [3.8, 4) is 0 Å².